The molecule has 9 heteroatoms. The van der Waals surface area contributed by atoms with E-state index in [4.69, 9.17) is 16.3 Å². The molecule has 2 aromatic rings. The molecule has 0 bridgehead atoms. The van der Waals surface area contributed by atoms with Gasteiger partial charge < -0.3 is 4.74 Å². The van der Waals surface area contributed by atoms with Crippen molar-refractivity contribution in [2.45, 2.75) is 17.9 Å². The number of sulfonamides is 1. The first-order valence-corrected chi connectivity index (χ1v) is 7.51. The Morgan fingerprint density at radius 3 is 2.75 bits per heavy atom. The monoisotopic (exact) mass is 316 g/mol. The molecule has 0 saturated carbocycles. The highest BCUT2D eigenvalue weighted by Crippen LogP contribution is 2.27. The SMILES string of the molecule is COc1ccc(S(=O)(=O)NC(C)c2ncn[nH]2)cc1Cl. The molecule has 0 radical (unpaired) electrons. The van der Waals surface area contributed by atoms with E-state index in [1.54, 1.807) is 6.92 Å². The van der Waals surface area contributed by atoms with Crippen LogP contribution in [0.3, 0.4) is 0 Å². The number of rotatable bonds is 5. The normalized spacial score (nSPS) is 13.2. The topological polar surface area (TPSA) is 97.0 Å². The Bertz CT molecular complexity index is 688. The van der Waals surface area contributed by atoms with E-state index in [-0.39, 0.29) is 9.92 Å². The number of nitrogens with one attached hydrogen (secondary N) is 2. The molecule has 0 saturated heterocycles. The fourth-order valence-corrected chi connectivity index (χ4v) is 3.15. The van der Waals surface area contributed by atoms with E-state index >= 15 is 0 Å². The summed E-state index contributed by atoms with van der Waals surface area (Å²) in [5.41, 5.74) is 0. The van der Waals surface area contributed by atoms with Crippen LogP contribution >= 0.6 is 11.6 Å². The summed E-state index contributed by atoms with van der Waals surface area (Å²) >= 11 is 5.93. The molecule has 1 unspecified atom stereocenters. The van der Waals surface area contributed by atoms with Crippen molar-refractivity contribution < 1.29 is 13.2 Å². The molecule has 0 aliphatic carbocycles. The maximum atomic E-state index is 12.2. The number of aromatic amines is 1. The quantitative estimate of drug-likeness (QED) is 0.871. The maximum Gasteiger partial charge on any atom is 0.241 e. The first kappa shape index (κ1) is 14.8. The van der Waals surface area contributed by atoms with Gasteiger partial charge in [0.1, 0.15) is 17.9 Å². The third kappa shape index (κ3) is 3.09. The largest absolute Gasteiger partial charge is 0.495 e. The third-order valence-corrected chi connectivity index (χ3v) is 4.44. The smallest absolute Gasteiger partial charge is 0.241 e. The predicted molar refractivity (Wildman–Crippen MR) is 73.1 cm³/mol. The minimum absolute atomic E-state index is 0.0506. The van der Waals surface area contributed by atoms with Crippen LogP contribution < -0.4 is 9.46 Å². The zero-order valence-corrected chi connectivity index (χ0v) is 12.4. The molecule has 108 valence electrons. The van der Waals surface area contributed by atoms with Crippen molar-refractivity contribution >= 4 is 21.6 Å². The summed E-state index contributed by atoms with van der Waals surface area (Å²) in [7, 11) is -2.25. The second kappa shape index (κ2) is 5.78. The van der Waals surface area contributed by atoms with Crippen LogP contribution in [0, 0.1) is 0 Å². The molecule has 0 aliphatic heterocycles. The van der Waals surface area contributed by atoms with Gasteiger partial charge in [0, 0.05) is 0 Å². The lowest BCUT2D eigenvalue weighted by Gasteiger charge is -2.12. The van der Waals surface area contributed by atoms with E-state index < -0.39 is 16.1 Å². The Hall–Kier alpha value is -1.64. The zero-order chi connectivity index (χ0) is 14.8. The summed E-state index contributed by atoms with van der Waals surface area (Å²) in [6, 6.07) is 3.70. The predicted octanol–water partition coefficient (Wildman–Crippen LogP) is 1.51. The first-order valence-electron chi connectivity index (χ1n) is 5.65. The Balaban J connectivity index is 2.24. The van der Waals surface area contributed by atoms with Crippen molar-refractivity contribution in [2.75, 3.05) is 7.11 Å². The highest BCUT2D eigenvalue weighted by Gasteiger charge is 2.20. The number of aromatic nitrogens is 3. The van der Waals surface area contributed by atoms with Gasteiger partial charge in [0.25, 0.3) is 0 Å². The summed E-state index contributed by atoms with van der Waals surface area (Å²) in [5.74, 6) is 0.835. The van der Waals surface area contributed by atoms with Crippen LogP contribution in [-0.4, -0.2) is 30.7 Å². The zero-order valence-electron chi connectivity index (χ0n) is 10.8. The lowest BCUT2D eigenvalue weighted by Crippen LogP contribution is -2.27. The van der Waals surface area contributed by atoms with Crippen molar-refractivity contribution in [3.8, 4) is 5.75 Å². The standard InChI is InChI=1S/C11H13ClN4O3S/c1-7(11-13-6-14-15-11)16-20(17,18)8-3-4-10(19-2)9(12)5-8/h3-7,16H,1-2H3,(H,13,14,15). The number of ether oxygens (including phenoxy) is 1. The van der Waals surface area contributed by atoms with Gasteiger partial charge in [-0.2, -0.15) is 5.10 Å². The van der Waals surface area contributed by atoms with Gasteiger partial charge in [-0.3, -0.25) is 5.10 Å². The maximum absolute atomic E-state index is 12.2. The van der Waals surface area contributed by atoms with Crippen LogP contribution in [0.2, 0.25) is 5.02 Å². The van der Waals surface area contributed by atoms with Crippen LogP contribution in [0.1, 0.15) is 18.8 Å². The molecule has 0 aliphatic rings. The van der Waals surface area contributed by atoms with Crippen LogP contribution in [0.5, 0.6) is 5.75 Å². The molecule has 7 nitrogen and oxygen atoms in total. The number of methoxy groups -OCH3 is 1. The summed E-state index contributed by atoms with van der Waals surface area (Å²) in [6.07, 6.45) is 1.31. The van der Waals surface area contributed by atoms with Crippen LogP contribution in [0.4, 0.5) is 0 Å². The van der Waals surface area contributed by atoms with Crippen molar-refractivity contribution in [3.05, 3.63) is 35.4 Å². The molecule has 1 heterocycles. The molecule has 1 atom stereocenters. The van der Waals surface area contributed by atoms with Gasteiger partial charge in [-0.15, -0.1) is 0 Å². The number of nitrogens with zero attached hydrogens (tertiary/aromatic N) is 2. The van der Waals surface area contributed by atoms with E-state index in [0.29, 0.717) is 11.6 Å². The first-order chi connectivity index (χ1) is 9.44. The highest BCUT2D eigenvalue weighted by molar-refractivity contribution is 7.89. The van der Waals surface area contributed by atoms with Gasteiger partial charge in [0.15, 0.2) is 0 Å². The average Bonchev–Trinajstić information content (AvgIpc) is 2.92. The minimum atomic E-state index is -3.71. The molecular weight excluding hydrogens is 304 g/mol. The van der Waals surface area contributed by atoms with Crippen molar-refractivity contribution in [1.29, 1.82) is 0 Å². The number of hydrogen-bond donors (Lipinski definition) is 2. The van der Waals surface area contributed by atoms with Crippen LogP contribution in [0.15, 0.2) is 29.4 Å². The highest BCUT2D eigenvalue weighted by atomic mass is 35.5. The molecule has 2 N–H and O–H groups in total. The summed E-state index contributed by atoms with van der Waals surface area (Å²) in [5, 5.41) is 6.51. The van der Waals surface area contributed by atoms with Gasteiger partial charge >= 0.3 is 0 Å². The third-order valence-electron chi connectivity index (χ3n) is 2.61. The van der Waals surface area contributed by atoms with Gasteiger partial charge in [-0.1, -0.05) is 11.6 Å². The number of halogens is 1. The number of hydrogen-bond acceptors (Lipinski definition) is 5. The second-order valence-corrected chi connectivity index (χ2v) is 6.13. The lowest BCUT2D eigenvalue weighted by atomic mass is 10.3. The molecule has 2 rings (SSSR count). The minimum Gasteiger partial charge on any atom is -0.495 e. The van der Waals surface area contributed by atoms with E-state index in [1.165, 1.54) is 31.6 Å². The molecule has 0 spiro atoms. The lowest BCUT2D eigenvalue weighted by molar-refractivity contribution is 0.414. The van der Waals surface area contributed by atoms with Gasteiger partial charge in [-0.05, 0) is 25.1 Å². The van der Waals surface area contributed by atoms with E-state index in [2.05, 4.69) is 19.9 Å². The van der Waals surface area contributed by atoms with Gasteiger partial charge in [-0.25, -0.2) is 18.1 Å². The fraction of sp³-hybridized carbons (Fsp3) is 0.273. The molecule has 0 fully saturated rings. The van der Waals surface area contributed by atoms with Crippen molar-refractivity contribution in [1.82, 2.24) is 19.9 Å². The fourth-order valence-electron chi connectivity index (χ4n) is 1.59. The van der Waals surface area contributed by atoms with Crippen LogP contribution in [0.25, 0.3) is 0 Å². The summed E-state index contributed by atoms with van der Waals surface area (Å²) in [4.78, 5) is 3.95. The summed E-state index contributed by atoms with van der Waals surface area (Å²) in [6.45, 7) is 1.66. The Morgan fingerprint density at radius 2 is 2.20 bits per heavy atom. The Morgan fingerprint density at radius 1 is 1.45 bits per heavy atom. The molecule has 1 aromatic carbocycles. The molecule has 0 amide bonds. The Kier molecular flexibility index (Phi) is 4.26. The van der Waals surface area contributed by atoms with E-state index in [9.17, 15) is 8.42 Å². The van der Waals surface area contributed by atoms with E-state index in [1.807, 2.05) is 0 Å². The average molecular weight is 317 g/mol. The Labute approximate surface area is 121 Å². The summed E-state index contributed by atoms with van der Waals surface area (Å²) < 4.78 is 31.9. The van der Waals surface area contributed by atoms with Gasteiger partial charge in [0.05, 0.1) is 23.1 Å². The molecular formula is C11H13ClN4O3S. The van der Waals surface area contributed by atoms with Crippen molar-refractivity contribution in [2.24, 2.45) is 0 Å². The second-order valence-electron chi connectivity index (χ2n) is 4.01. The van der Waals surface area contributed by atoms with Crippen molar-refractivity contribution in [3.63, 3.8) is 0 Å². The van der Waals surface area contributed by atoms with E-state index in [0.717, 1.165) is 0 Å². The molecule has 1 aromatic heterocycles. The van der Waals surface area contributed by atoms with Gasteiger partial charge in [0.2, 0.25) is 10.0 Å². The number of H-pyrrole nitrogens is 1. The number of benzene rings is 1. The van der Waals surface area contributed by atoms with Crippen LogP contribution in [-0.2, 0) is 10.0 Å². The molecule has 20 heavy (non-hydrogen) atoms.